The molecular formula is C12H11FN2O3. The van der Waals surface area contributed by atoms with Crippen LogP contribution in [-0.4, -0.2) is 20.9 Å². The maximum Gasteiger partial charge on any atom is 0.305 e. The van der Waals surface area contributed by atoms with Crippen LogP contribution in [0.25, 0.3) is 0 Å². The van der Waals surface area contributed by atoms with Crippen LogP contribution in [0.15, 0.2) is 36.7 Å². The van der Waals surface area contributed by atoms with Gasteiger partial charge in [-0.15, -0.1) is 0 Å². The number of carboxylic acids is 1. The van der Waals surface area contributed by atoms with Gasteiger partial charge in [-0.05, 0) is 12.1 Å². The van der Waals surface area contributed by atoms with Crippen LogP contribution in [0.3, 0.4) is 0 Å². The second-order valence-corrected chi connectivity index (χ2v) is 3.64. The summed E-state index contributed by atoms with van der Waals surface area (Å²) in [6, 6.07) is 5.74. The Morgan fingerprint density at radius 1 is 1.44 bits per heavy atom. The van der Waals surface area contributed by atoms with Gasteiger partial charge in [0, 0.05) is 6.07 Å². The van der Waals surface area contributed by atoms with E-state index in [1.807, 2.05) is 0 Å². The Morgan fingerprint density at radius 3 is 3.00 bits per heavy atom. The highest BCUT2D eigenvalue weighted by Gasteiger charge is 2.04. The summed E-state index contributed by atoms with van der Waals surface area (Å²) in [5.74, 6) is -0.470. The van der Waals surface area contributed by atoms with Gasteiger partial charge in [0.2, 0.25) is 0 Å². The molecule has 0 saturated heterocycles. The number of carboxylic acid groups (broad SMARTS) is 1. The van der Waals surface area contributed by atoms with Crippen molar-refractivity contribution in [1.29, 1.82) is 0 Å². The zero-order valence-electron chi connectivity index (χ0n) is 9.41. The molecule has 18 heavy (non-hydrogen) atoms. The fraction of sp³-hybridized carbons (Fsp3) is 0.167. The molecule has 94 valence electrons. The summed E-state index contributed by atoms with van der Waals surface area (Å²) in [5, 5.41) is 12.5. The maximum atomic E-state index is 12.9. The third-order valence-corrected chi connectivity index (χ3v) is 2.20. The van der Waals surface area contributed by atoms with Crippen molar-refractivity contribution in [1.82, 2.24) is 9.78 Å². The van der Waals surface area contributed by atoms with E-state index < -0.39 is 5.97 Å². The molecule has 1 N–H and O–H groups in total. The second-order valence-electron chi connectivity index (χ2n) is 3.64. The Labute approximate surface area is 102 Å². The smallest absolute Gasteiger partial charge is 0.305 e. The number of nitrogens with zero attached hydrogens (tertiary/aromatic N) is 2. The van der Waals surface area contributed by atoms with Crippen molar-refractivity contribution in [2.45, 2.75) is 13.0 Å². The van der Waals surface area contributed by atoms with Gasteiger partial charge < -0.3 is 9.84 Å². The van der Waals surface area contributed by atoms with Crippen molar-refractivity contribution in [2.24, 2.45) is 0 Å². The van der Waals surface area contributed by atoms with E-state index in [1.54, 1.807) is 18.3 Å². The summed E-state index contributed by atoms with van der Waals surface area (Å²) in [4.78, 5) is 10.4. The first kappa shape index (κ1) is 12.1. The molecule has 1 heterocycles. The fourth-order valence-electron chi connectivity index (χ4n) is 1.40. The van der Waals surface area contributed by atoms with E-state index in [0.717, 1.165) is 0 Å². The van der Waals surface area contributed by atoms with Gasteiger partial charge in [-0.25, -0.2) is 4.39 Å². The lowest BCUT2D eigenvalue weighted by molar-refractivity contribution is -0.137. The molecule has 0 atom stereocenters. The minimum Gasteiger partial charge on any atom is -0.481 e. The van der Waals surface area contributed by atoms with Gasteiger partial charge in [-0.2, -0.15) is 5.10 Å². The van der Waals surface area contributed by atoms with Crippen molar-refractivity contribution in [3.63, 3.8) is 0 Å². The van der Waals surface area contributed by atoms with Crippen LogP contribution in [0, 0.1) is 5.82 Å². The molecular weight excluding hydrogens is 239 g/mol. The monoisotopic (exact) mass is 250 g/mol. The molecule has 2 aromatic rings. The summed E-state index contributed by atoms with van der Waals surface area (Å²) in [6.45, 7) is 0.266. The number of aromatic nitrogens is 2. The first-order valence-electron chi connectivity index (χ1n) is 5.31. The molecule has 0 unspecified atom stereocenters. The number of aryl methyl sites for hydroxylation is 1. The average Bonchev–Trinajstić information content (AvgIpc) is 2.74. The van der Waals surface area contributed by atoms with Crippen molar-refractivity contribution in [3.05, 3.63) is 42.5 Å². The summed E-state index contributed by atoms with van der Waals surface area (Å²) in [6.07, 6.45) is 3.00. The van der Waals surface area contributed by atoms with Crippen molar-refractivity contribution < 1.29 is 19.0 Å². The standard InChI is InChI=1S/C12H11FN2O3/c13-9-2-1-3-10(6-9)18-11-7-14-15(8-11)5-4-12(16)17/h1-3,6-8H,4-5H2,(H,16,17). The molecule has 1 aromatic heterocycles. The predicted octanol–water partition coefficient (Wildman–Crippen LogP) is 2.29. The summed E-state index contributed by atoms with van der Waals surface area (Å²) >= 11 is 0. The van der Waals surface area contributed by atoms with Gasteiger partial charge in [0.05, 0.1) is 25.4 Å². The number of carbonyl (C=O) groups is 1. The molecule has 0 spiro atoms. The predicted molar refractivity (Wildman–Crippen MR) is 61.0 cm³/mol. The number of halogens is 1. The molecule has 2 rings (SSSR count). The van der Waals surface area contributed by atoms with E-state index in [1.165, 1.54) is 23.0 Å². The number of ether oxygens (including phenoxy) is 1. The summed E-state index contributed by atoms with van der Waals surface area (Å²) < 4.78 is 19.8. The topological polar surface area (TPSA) is 64.3 Å². The van der Waals surface area contributed by atoms with E-state index in [4.69, 9.17) is 9.84 Å². The molecule has 0 bridgehead atoms. The van der Waals surface area contributed by atoms with Crippen LogP contribution in [0.1, 0.15) is 6.42 Å². The van der Waals surface area contributed by atoms with E-state index in [-0.39, 0.29) is 18.8 Å². The van der Waals surface area contributed by atoms with Crippen molar-refractivity contribution in [2.75, 3.05) is 0 Å². The molecule has 0 fully saturated rings. The molecule has 0 radical (unpaired) electrons. The van der Waals surface area contributed by atoms with E-state index in [0.29, 0.717) is 11.5 Å². The van der Waals surface area contributed by atoms with E-state index in [2.05, 4.69) is 5.10 Å². The first-order valence-corrected chi connectivity index (χ1v) is 5.31. The number of benzene rings is 1. The normalized spacial score (nSPS) is 10.3. The van der Waals surface area contributed by atoms with Crippen LogP contribution in [0.5, 0.6) is 11.5 Å². The Kier molecular flexibility index (Phi) is 3.57. The molecule has 0 aliphatic carbocycles. The molecule has 1 aromatic carbocycles. The Balaban J connectivity index is 2.00. The highest BCUT2D eigenvalue weighted by Crippen LogP contribution is 2.21. The first-order chi connectivity index (χ1) is 8.63. The second kappa shape index (κ2) is 5.31. The number of hydrogen-bond donors (Lipinski definition) is 1. The van der Waals surface area contributed by atoms with Crippen LogP contribution < -0.4 is 4.74 Å². The zero-order chi connectivity index (χ0) is 13.0. The zero-order valence-corrected chi connectivity index (χ0v) is 9.41. The summed E-state index contributed by atoms with van der Waals surface area (Å²) in [5.41, 5.74) is 0. The Bertz CT molecular complexity index is 554. The van der Waals surface area contributed by atoms with Crippen molar-refractivity contribution in [3.8, 4) is 11.5 Å². The minimum absolute atomic E-state index is 0.0128. The van der Waals surface area contributed by atoms with Crippen molar-refractivity contribution >= 4 is 5.97 Å². The number of aliphatic carboxylic acids is 1. The lowest BCUT2D eigenvalue weighted by Gasteiger charge is -2.01. The fourth-order valence-corrected chi connectivity index (χ4v) is 1.40. The summed E-state index contributed by atoms with van der Waals surface area (Å²) in [7, 11) is 0. The third-order valence-electron chi connectivity index (χ3n) is 2.20. The number of hydrogen-bond acceptors (Lipinski definition) is 3. The van der Waals surface area contributed by atoms with Gasteiger partial charge in [0.1, 0.15) is 11.6 Å². The lowest BCUT2D eigenvalue weighted by atomic mass is 10.3. The van der Waals surface area contributed by atoms with Gasteiger partial charge in [-0.1, -0.05) is 6.07 Å². The largest absolute Gasteiger partial charge is 0.481 e. The van der Waals surface area contributed by atoms with Crippen LogP contribution in [-0.2, 0) is 11.3 Å². The molecule has 6 heteroatoms. The van der Waals surface area contributed by atoms with Crippen LogP contribution in [0.2, 0.25) is 0 Å². The Hall–Kier alpha value is -2.37. The van der Waals surface area contributed by atoms with E-state index in [9.17, 15) is 9.18 Å². The quantitative estimate of drug-likeness (QED) is 0.884. The lowest BCUT2D eigenvalue weighted by Crippen LogP contribution is -2.04. The molecule has 5 nitrogen and oxygen atoms in total. The van der Waals surface area contributed by atoms with Gasteiger partial charge in [0.15, 0.2) is 5.75 Å². The van der Waals surface area contributed by atoms with Gasteiger partial charge >= 0.3 is 5.97 Å². The SMILES string of the molecule is O=C(O)CCn1cc(Oc2cccc(F)c2)cn1. The average molecular weight is 250 g/mol. The molecule has 0 aliphatic heterocycles. The minimum atomic E-state index is -0.891. The molecule has 0 aliphatic rings. The van der Waals surface area contributed by atoms with Crippen LogP contribution >= 0.6 is 0 Å². The molecule has 0 saturated carbocycles. The third kappa shape index (κ3) is 3.31. The maximum absolute atomic E-state index is 12.9. The van der Waals surface area contributed by atoms with Gasteiger partial charge in [0.25, 0.3) is 0 Å². The van der Waals surface area contributed by atoms with Gasteiger partial charge in [-0.3, -0.25) is 9.48 Å². The highest BCUT2D eigenvalue weighted by atomic mass is 19.1. The molecule has 0 amide bonds. The number of rotatable bonds is 5. The Morgan fingerprint density at radius 2 is 2.28 bits per heavy atom. The van der Waals surface area contributed by atoms with E-state index >= 15 is 0 Å². The van der Waals surface area contributed by atoms with Crippen LogP contribution in [0.4, 0.5) is 4.39 Å². The highest BCUT2D eigenvalue weighted by molar-refractivity contribution is 5.66.